The van der Waals surface area contributed by atoms with Crippen molar-refractivity contribution in [1.29, 1.82) is 0 Å². The molecule has 4 heteroatoms. The number of ether oxygens (including phenoxy) is 2. The van der Waals surface area contributed by atoms with Crippen LogP contribution in [0.3, 0.4) is 0 Å². The summed E-state index contributed by atoms with van der Waals surface area (Å²) in [6.07, 6.45) is 1.18. The third-order valence-corrected chi connectivity index (χ3v) is 5.03. The summed E-state index contributed by atoms with van der Waals surface area (Å²) in [6, 6.07) is 15.6. The number of benzene rings is 2. The summed E-state index contributed by atoms with van der Waals surface area (Å²) in [5.74, 6) is 2.37. The van der Waals surface area contributed by atoms with Crippen molar-refractivity contribution in [1.82, 2.24) is 4.90 Å². The Morgan fingerprint density at radius 3 is 2.70 bits per heavy atom. The van der Waals surface area contributed by atoms with E-state index in [1.807, 2.05) is 42.5 Å². The van der Waals surface area contributed by atoms with E-state index in [4.69, 9.17) is 9.47 Å². The Bertz CT molecular complexity index is 728. The van der Waals surface area contributed by atoms with Crippen molar-refractivity contribution < 1.29 is 14.6 Å². The molecule has 1 heterocycles. The fourth-order valence-corrected chi connectivity index (χ4v) is 3.24. The summed E-state index contributed by atoms with van der Waals surface area (Å²) in [6.45, 7) is 10.1. The Hall–Kier alpha value is -2.04. The molecule has 0 amide bonds. The maximum absolute atomic E-state index is 11.0. The van der Waals surface area contributed by atoms with Gasteiger partial charge in [-0.05, 0) is 55.6 Å². The van der Waals surface area contributed by atoms with Crippen molar-refractivity contribution in [3.05, 3.63) is 59.7 Å². The van der Waals surface area contributed by atoms with Crippen LogP contribution in [0.4, 0.5) is 0 Å². The van der Waals surface area contributed by atoms with Gasteiger partial charge in [0.2, 0.25) is 0 Å². The molecule has 0 saturated heterocycles. The molecule has 3 rings (SSSR count). The molecule has 146 valence electrons. The van der Waals surface area contributed by atoms with Crippen LogP contribution in [0.15, 0.2) is 48.5 Å². The molecule has 0 fully saturated rings. The van der Waals surface area contributed by atoms with Crippen LogP contribution in [-0.2, 0) is 12.1 Å². The summed E-state index contributed by atoms with van der Waals surface area (Å²) >= 11 is 0. The first-order valence-corrected chi connectivity index (χ1v) is 9.83. The fourth-order valence-electron chi connectivity index (χ4n) is 3.24. The van der Waals surface area contributed by atoms with E-state index in [0.29, 0.717) is 12.5 Å². The van der Waals surface area contributed by atoms with Gasteiger partial charge in [0.15, 0.2) is 0 Å². The minimum absolute atomic E-state index is 0.202. The van der Waals surface area contributed by atoms with E-state index in [1.54, 1.807) is 6.92 Å². The lowest BCUT2D eigenvalue weighted by atomic mass is 9.94. The largest absolute Gasteiger partial charge is 0.492 e. The molecule has 0 aliphatic carbocycles. The molecule has 4 nitrogen and oxygen atoms in total. The minimum Gasteiger partial charge on any atom is -0.492 e. The Labute approximate surface area is 162 Å². The number of nitrogens with zero attached hydrogens (tertiary/aromatic N) is 1. The Morgan fingerprint density at radius 1 is 1.19 bits per heavy atom. The van der Waals surface area contributed by atoms with E-state index < -0.39 is 5.60 Å². The smallest absolute Gasteiger partial charge is 0.123 e. The predicted octanol–water partition coefficient (Wildman–Crippen LogP) is 4.21. The Kier molecular flexibility index (Phi) is 6.40. The fraction of sp³-hybridized carbons (Fsp3) is 0.478. The van der Waals surface area contributed by atoms with Gasteiger partial charge in [-0.2, -0.15) is 0 Å². The van der Waals surface area contributed by atoms with Crippen molar-refractivity contribution in [3.63, 3.8) is 0 Å². The van der Waals surface area contributed by atoms with Crippen LogP contribution in [0.25, 0.3) is 0 Å². The molecule has 0 saturated carbocycles. The van der Waals surface area contributed by atoms with E-state index in [9.17, 15) is 5.11 Å². The zero-order valence-electron chi connectivity index (χ0n) is 16.6. The number of hydrogen-bond donors (Lipinski definition) is 1. The van der Waals surface area contributed by atoms with Crippen LogP contribution in [-0.4, -0.2) is 36.3 Å². The van der Waals surface area contributed by atoms with Crippen LogP contribution in [0.1, 0.15) is 38.3 Å². The van der Waals surface area contributed by atoms with Crippen molar-refractivity contribution in [2.24, 2.45) is 5.92 Å². The quantitative estimate of drug-likeness (QED) is 0.794. The topological polar surface area (TPSA) is 41.9 Å². The van der Waals surface area contributed by atoms with E-state index in [-0.39, 0.29) is 6.61 Å². The molecule has 1 atom stereocenters. The zero-order chi connectivity index (χ0) is 19.3. The van der Waals surface area contributed by atoms with Gasteiger partial charge in [-0.1, -0.05) is 38.1 Å². The highest BCUT2D eigenvalue weighted by molar-refractivity contribution is 5.40. The van der Waals surface area contributed by atoms with E-state index in [2.05, 4.69) is 24.8 Å². The van der Waals surface area contributed by atoms with Crippen molar-refractivity contribution in [2.45, 2.75) is 39.3 Å². The normalized spacial score (nSPS) is 16.9. The number of aliphatic hydroxyl groups is 1. The Balaban J connectivity index is 1.71. The highest BCUT2D eigenvalue weighted by Gasteiger charge is 2.26. The van der Waals surface area contributed by atoms with Crippen molar-refractivity contribution in [2.75, 3.05) is 26.3 Å². The second kappa shape index (κ2) is 8.77. The number of rotatable bonds is 7. The van der Waals surface area contributed by atoms with Crippen molar-refractivity contribution >= 4 is 0 Å². The van der Waals surface area contributed by atoms with Gasteiger partial charge in [-0.15, -0.1) is 0 Å². The van der Waals surface area contributed by atoms with Crippen LogP contribution < -0.4 is 9.47 Å². The van der Waals surface area contributed by atoms with Crippen LogP contribution in [0.5, 0.6) is 11.5 Å². The van der Waals surface area contributed by atoms with Crippen LogP contribution >= 0.6 is 0 Å². The highest BCUT2D eigenvalue weighted by atomic mass is 16.5. The molecule has 1 unspecified atom stereocenters. The molecule has 1 aliphatic rings. The lowest BCUT2D eigenvalue weighted by Gasteiger charge is -2.25. The third kappa shape index (κ3) is 5.47. The van der Waals surface area contributed by atoms with Gasteiger partial charge in [-0.3, -0.25) is 4.90 Å². The Morgan fingerprint density at radius 2 is 1.96 bits per heavy atom. The molecule has 1 aliphatic heterocycles. The standard InChI is InChI=1S/C23H31NO3/c1-18(2)11-12-24-13-14-26-22-10-9-20(15-19(22)16-24)23(3,25)17-27-21-7-5-4-6-8-21/h4-10,15,18,25H,11-14,16-17H2,1-3H3. The summed E-state index contributed by atoms with van der Waals surface area (Å²) in [5, 5.41) is 11.0. The monoisotopic (exact) mass is 369 g/mol. The molecule has 2 aromatic rings. The summed E-state index contributed by atoms with van der Waals surface area (Å²) < 4.78 is 11.7. The number of hydrogen-bond acceptors (Lipinski definition) is 4. The van der Waals surface area contributed by atoms with E-state index in [1.165, 1.54) is 6.42 Å². The average molecular weight is 370 g/mol. The van der Waals surface area contributed by atoms with Gasteiger partial charge in [0, 0.05) is 18.7 Å². The first kappa shape index (κ1) is 19.7. The van der Waals surface area contributed by atoms with Gasteiger partial charge in [0.25, 0.3) is 0 Å². The van der Waals surface area contributed by atoms with Crippen LogP contribution in [0, 0.1) is 5.92 Å². The molecular weight excluding hydrogens is 338 g/mol. The molecule has 0 radical (unpaired) electrons. The molecule has 27 heavy (non-hydrogen) atoms. The predicted molar refractivity (Wildman–Crippen MR) is 108 cm³/mol. The second-order valence-corrected chi connectivity index (χ2v) is 8.01. The lowest BCUT2D eigenvalue weighted by Crippen LogP contribution is -2.30. The molecule has 1 N–H and O–H groups in total. The van der Waals surface area contributed by atoms with E-state index >= 15 is 0 Å². The van der Waals surface area contributed by atoms with E-state index in [0.717, 1.165) is 42.3 Å². The van der Waals surface area contributed by atoms with Crippen molar-refractivity contribution in [3.8, 4) is 11.5 Å². The molecule has 0 spiro atoms. The van der Waals surface area contributed by atoms with Crippen LogP contribution in [0.2, 0.25) is 0 Å². The van der Waals surface area contributed by atoms with Gasteiger partial charge in [0.05, 0.1) is 0 Å². The second-order valence-electron chi connectivity index (χ2n) is 8.01. The SMILES string of the molecule is CC(C)CCN1CCOc2ccc(C(C)(O)COc3ccccc3)cc2C1. The zero-order valence-corrected chi connectivity index (χ0v) is 16.6. The lowest BCUT2D eigenvalue weighted by molar-refractivity contribution is 0.00748. The van der Waals surface area contributed by atoms with Gasteiger partial charge in [0.1, 0.15) is 30.3 Å². The minimum atomic E-state index is -1.07. The van der Waals surface area contributed by atoms with Gasteiger partial charge in [-0.25, -0.2) is 0 Å². The molecule has 2 aromatic carbocycles. The first-order chi connectivity index (χ1) is 12.9. The number of fused-ring (bicyclic) bond motifs is 1. The average Bonchev–Trinajstić information content (AvgIpc) is 2.87. The van der Waals surface area contributed by atoms with Gasteiger partial charge >= 0.3 is 0 Å². The summed E-state index contributed by atoms with van der Waals surface area (Å²) in [4.78, 5) is 2.44. The summed E-state index contributed by atoms with van der Waals surface area (Å²) in [7, 11) is 0. The van der Waals surface area contributed by atoms with Gasteiger partial charge < -0.3 is 14.6 Å². The highest BCUT2D eigenvalue weighted by Crippen LogP contribution is 2.30. The first-order valence-electron chi connectivity index (χ1n) is 9.83. The number of para-hydroxylation sites is 1. The molecular formula is C23H31NO3. The molecule has 0 bridgehead atoms. The third-order valence-electron chi connectivity index (χ3n) is 5.03. The summed E-state index contributed by atoms with van der Waals surface area (Å²) in [5.41, 5.74) is 0.917. The maximum Gasteiger partial charge on any atom is 0.123 e. The maximum atomic E-state index is 11.0. The molecule has 0 aromatic heterocycles.